The quantitative estimate of drug-likeness (QED) is 0.739. The van der Waals surface area contributed by atoms with Crippen LogP contribution in [-0.2, 0) is 11.2 Å². The van der Waals surface area contributed by atoms with Gasteiger partial charge in [0.05, 0.1) is 6.61 Å². The van der Waals surface area contributed by atoms with E-state index in [2.05, 4.69) is 23.0 Å². The average molecular weight is 320 g/mol. The molecule has 4 heteroatoms. The highest BCUT2D eigenvalue weighted by atomic mass is 16.5. The third-order valence-electron chi connectivity index (χ3n) is 4.78. The number of carbonyl (C=O) groups is 1. The van der Waals surface area contributed by atoms with Gasteiger partial charge in [0.25, 0.3) is 0 Å². The van der Waals surface area contributed by atoms with E-state index >= 15 is 0 Å². The maximum absolute atomic E-state index is 12.6. The number of aryl methyl sites for hydroxylation is 1. The molecule has 0 aliphatic carbocycles. The minimum atomic E-state index is -0.00257. The van der Waals surface area contributed by atoms with Gasteiger partial charge < -0.3 is 9.72 Å². The Morgan fingerprint density at radius 2 is 2.25 bits per heavy atom. The normalized spacial score (nSPS) is 17.5. The number of aromatic amines is 1. The first-order valence-corrected chi connectivity index (χ1v) is 8.44. The fraction of sp³-hybridized carbons (Fsp3) is 0.300. The molecule has 1 atom stereocenters. The summed E-state index contributed by atoms with van der Waals surface area (Å²) in [5.41, 5.74) is 4.99. The first kappa shape index (κ1) is 15.1. The molecule has 0 bridgehead atoms. The lowest BCUT2D eigenvalue weighted by molar-refractivity contribution is 0.0900. The minimum Gasteiger partial charge on any atom is -0.381 e. The van der Waals surface area contributed by atoms with Crippen LogP contribution in [-0.4, -0.2) is 29.0 Å². The molecule has 1 unspecified atom stereocenters. The fourth-order valence-electron chi connectivity index (χ4n) is 3.34. The van der Waals surface area contributed by atoms with Crippen LogP contribution in [0.25, 0.3) is 22.2 Å². The number of aromatic nitrogens is 2. The number of pyridine rings is 1. The zero-order chi connectivity index (χ0) is 16.5. The van der Waals surface area contributed by atoms with Crippen LogP contribution >= 0.6 is 0 Å². The number of carbonyl (C=O) groups excluding carboxylic acids is 1. The lowest BCUT2D eigenvalue weighted by Gasteiger charge is -2.09. The Hall–Kier alpha value is -2.46. The molecule has 24 heavy (non-hydrogen) atoms. The second-order valence-electron chi connectivity index (χ2n) is 6.29. The summed E-state index contributed by atoms with van der Waals surface area (Å²) < 4.78 is 5.35. The molecule has 1 aliphatic heterocycles. The number of nitrogens with zero attached hydrogens (tertiary/aromatic N) is 1. The van der Waals surface area contributed by atoms with Gasteiger partial charge in [0.2, 0.25) is 0 Å². The molecule has 3 heterocycles. The SMILES string of the molecule is CCc1c[nH]c2ncc(-c3cccc(C(=O)C4CCOC4)c3)cc12. The number of rotatable bonds is 4. The summed E-state index contributed by atoms with van der Waals surface area (Å²) in [5, 5.41) is 1.15. The molecule has 1 fully saturated rings. The predicted molar refractivity (Wildman–Crippen MR) is 94.2 cm³/mol. The van der Waals surface area contributed by atoms with E-state index in [1.807, 2.05) is 36.7 Å². The van der Waals surface area contributed by atoms with Crippen LogP contribution in [0.2, 0.25) is 0 Å². The van der Waals surface area contributed by atoms with E-state index in [1.54, 1.807) is 0 Å². The molecule has 0 radical (unpaired) electrons. The molecule has 1 aromatic carbocycles. The van der Waals surface area contributed by atoms with Crippen LogP contribution in [0.4, 0.5) is 0 Å². The molecule has 122 valence electrons. The van der Waals surface area contributed by atoms with Crippen molar-refractivity contribution >= 4 is 16.8 Å². The van der Waals surface area contributed by atoms with Crippen molar-refractivity contribution in [1.29, 1.82) is 0 Å². The molecule has 1 N–H and O–H groups in total. The standard InChI is InChI=1S/C20H20N2O2/c1-2-13-10-21-20-18(13)9-17(11-22-20)14-4-3-5-15(8-14)19(23)16-6-7-24-12-16/h3-5,8-11,16H,2,6-7,12H2,1H3,(H,21,22). The van der Waals surface area contributed by atoms with E-state index in [-0.39, 0.29) is 11.7 Å². The molecule has 3 aromatic rings. The van der Waals surface area contributed by atoms with E-state index in [9.17, 15) is 4.79 Å². The molecule has 0 amide bonds. The molecule has 4 rings (SSSR count). The highest BCUT2D eigenvalue weighted by Gasteiger charge is 2.24. The van der Waals surface area contributed by atoms with E-state index in [0.717, 1.165) is 40.6 Å². The third kappa shape index (κ3) is 2.63. The first-order valence-electron chi connectivity index (χ1n) is 8.44. The number of Topliss-reactive ketones (excluding diaryl/α,β-unsaturated/α-hetero) is 1. The highest BCUT2D eigenvalue weighted by molar-refractivity contribution is 5.99. The Bertz CT molecular complexity index is 892. The number of fused-ring (bicyclic) bond motifs is 1. The summed E-state index contributed by atoms with van der Waals surface area (Å²) in [6.07, 6.45) is 5.66. The fourth-order valence-corrected chi connectivity index (χ4v) is 3.34. The lowest BCUT2D eigenvalue weighted by atomic mass is 9.94. The van der Waals surface area contributed by atoms with Gasteiger partial charge in [0.1, 0.15) is 5.65 Å². The number of hydrogen-bond acceptors (Lipinski definition) is 3. The van der Waals surface area contributed by atoms with Crippen LogP contribution in [0.1, 0.15) is 29.3 Å². The van der Waals surface area contributed by atoms with Gasteiger partial charge in [0.15, 0.2) is 5.78 Å². The van der Waals surface area contributed by atoms with Crippen LogP contribution in [0, 0.1) is 5.92 Å². The van der Waals surface area contributed by atoms with Crippen molar-refractivity contribution in [2.45, 2.75) is 19.8 Å². The Kier molecular flexibility index (Phi) is 3.90. The third-order valence-corrected chi connectivity index (χ3v) is 4.78. The summed E-state index contributed by atoms with van der Waals surface area (Å²) in [6, 6.07) is 10.00. The Morgan fingerprint density at radius 3 is 3.04 bits per heavy atom. The number of ether oxygens (including phenoxy) is 1. The van der Waals surface area contributed by atoms with E-state index in [4.69, 9.17) is 4.74 Å². The van der Waals surface area contributed by atoms with E-state index in [1.165, 1.54) is 5.56 Å². The summed E-state index contributed by atoms with van der Waals surface area (Å²) in [5.74, 6) is 0.177. The smallest absolute Gasteiger partial charge is 0.168 e. The van der Waals surface area contributed by atoms with Crippen molar-refractivity contribution < 1.29 is 9.53 Å². The van der Waals surface area contributed by atoms with E-state index in [0.29, 0.717) is 13.2 Å². The van der Waals surface area contributed by atoms with Gasteiger partial charge in [-0.05, 0) is 36.1 Å². The second kappa shape index (κ2) is 6.21. The van der Waals surface area contributed by atoms with Crippen molar-refractivity contribution in [2.75, 3.05) is 13.2 Å². The van der Waals surface area contributed by atoms with Gasteiger partial charge in [-0.1, -0.05) is 25.1 Å². The molecule has 2 aromatic heterocycles. The van der Waals surface area contributed by atoms with Crippen LogP contribution in [0.15, 0.2) is 42.7 Å². The molecule has 0 spiro atoms. The van der Waals surface area contributed by atoms with Gasteiger partial charge in [-0.15, -0.1) is 0 Å². The molecular weight excluding hydrogens is 300 g/mol. The van der Waals surface area contributed by atoms with Crippen LogP contribution in [0.5, 0.6) is 0 Å². The topological polar surface area (TPSA) is 55.0 Å². The van der Waals surface area contributed by atoms with Gasteiger partial charge >= 0.3 is 0 Å². The number of nitrogens with one attached hydrogen (secondary N) is 1. The Balaban J connectivity index is 1.71. The Labute approximate surface area is 140 Å². The van der Waals surface area contributed by atoms with Gasteiger partial charge in [0, 0.05) is 41.4 Å². The monoisotopic (exact) mass is 320 g/mol. The van der Waals surface area contributed by atoms with Gasteiger partial charge in [-0.2, -0.15) is 0 Å². The summed E-state index contributed by atoms with van der Waals surface area (Å²) in [7, 11) is 0. The van der Waals surface area contributed by atoms with Crippen molar-refractivity contribution in [2.24, 2.45) is 5.92 Å². The predicted octanol–water partition coefficient (Wildman–Crippen LogP) is 4.01. The maximum Gasteiger partial charge on any atom is 0.168 e. The average Bonchev–Trinajstić information content (AvgIpc) is 3.30. The number of H-pyrrole nitrogens is 1. The van der Waals surface area contributed by atoms with Gasteiger partial charge in [-0.25, -0.2) is 4.98 Å². The van der Waals surface area contributed by atoms with Crippen molar-refractivity contribution in [3.05, 3.63) is 53.9 Å². The van der Waals surface area contributed by atoms with E-state index < -0.39 is 0 Å². The van der Waals surface area contributed by atoms with Crippen LogP contribution < -0.4 is 0 Å². The molecule has 0 saturated carbocycles. The molecule has 1 saturated heterocycles. The Morgan fingerprint density at radius 1 is 1.33 bits per heavy atom. The number of benzene rings is 1. The summed E-state index contributed by atoms with van der Waals surface area (Å²) in [6.45, 7) is 3.36. The molecular formula is C20H20N2O2. The zero-order valence-electron chi connectivity index (χ0n) is 13.7. The van der Waals surface area contributed by atoms with Crippen molar-refractivity contribution in [1.82, 2.24) is 9.97 Å². The van der Waals surface area contributed by atoms with Crippen molar-refractivity contribution in [3.8, 4) is 11.1 Å². The summed E-state index contributed by atoms with van der Waals surface area (Å²) in [4.78, 5) is 20.3. The summed E-state index contributed by atoms with van der Waals surface area (Å²) >= 11 is 0. The molecule has 1 aliphatic rings. The van der Waals surface area contributed by atoms with Gasteiger partial charge in [-0.3, -0.25) is 4.79 Å². The largest absolute Gasteiger partial charge is 0.381 e. The number of ketones is 1. The van der Waals surface area contributed by atoms with Crippen LogP contribution in [0.3, 0.4) is 0 Å². The zero-order valence-corrected chi connectivity index (χ0v) is 13.7. The lowest BCUT2D eigenvalue weighted by Crippen LogP contribution is -2.14. The minimum absolute atomic E-state index is 0.00257. The second-order valence-corrected chi connectivity index (χ2v) is 6.29. The highest BCUT2D eigenvalue weighted by Crippen LogP contribution is 2.27. The van der Waals surface area contributed by atoms with Crippen molar-refractivity contribution in [3.63, 3.8) is 0 Å². The maximum atomic E-state index is 12.6. The number of hydrogen-bond donors (Lipinski definition) is 1. The molecule has 4 nitrogen and oxygen atoms in total. The first-order chi connectivity index (χ1) is 11.8.